The molecule has 2 atom stereocenters. The molecule has 7 heteroatoms. The molecule has 1 saturated carbocycles. The summed E-state index contributed by atoms with van der Waals surface area (Å²) < 4.78 is 16.7. The smallest absolute Gasteiger partial charge is 0.313 e. The molecular weight excluding hydrogens is 456 g/mol. The second kappa shape index (κ2) is 10.8. The van der Waals surface area contributed by atoms with Crippen molar-refractivity contribution in [3.63, 3.8) is 0 Å². The minimum atomic E-state index is -0.475. The van der Waals surface area contributed by atoms with Crippen LogP contribution in [0, 0.1) is 11.3 Å². The minimum Gasteiger partial charge on any atom is -0.492 e. The van der Waals surface area contributed by atoms with Gasteiger partial charge in [0.1, 0.15) is 12.4 Å². The van der Waals surface area contributed by atoms with E-state index in [4.69, 9.17) is 14.2 Å². The molecule has 0 bridgehead atoms. The summed E-state index contributed by atoms with van der Waals surface area (Å²) >= 11 is 0. The summed E-state index contributed by atoms with van der Waals surface area (Å²) in [7, 11) is 0. The van der Waals surface area contributed by atoms with Crippen molar-refractivity contribution in [2.45, 2.75) is 25.7 Å². The number of allylic oxidation sites excluding steroid dienone is 1. The fourth-order valence-corrected chi connectivity index (χ4v) is 5.59. The number of hydrogen-bond donors (Lipinski definition) is 1. The van der Waals surface area contributed by atoms with Gasteiger partial charge >= 0.3 is 5.97 Å². The number of nitrogens with zero attached hydrogens (tertiary/aromatic N) is 1. The third-order valence-electron chi connectivity index (χ3n) is 7.50. The summed E-state index contributed by atoms with van der Waals surface area (Å²) in [6, 6.07) is 15.5. The van der Waals surface area contributed by atoms with Gasteiger partial charge in [0, 0.05) is 31.2 Å². The zero-order valence-corrected chi connectivity index (χ0v) is 20.7. The van der Waals surface area contributed by atoms with Crippen molar-refractivity contribution in [1.29, 1.82) is 0 Å². The number of rotatable bonds is 9. The normalized spacial score (nSPS) is 23.8. The van der Waals surface area contributed by atoms with Gasteiger partial charge in [-0.3, -0.25) is 14.5 Å². The maximum absolute atomic E-state index is 12.7. The van der Waals surface area contributed by atoms with Gasteiger partial charge in [-0.25, -0.2) is 0 Å². The van der Waals surface area contributed by atoms with Crippen LogP contribution < -0.4 is 10.1 Å². The van der Waals surface area contributed by atoms with Crippen LogP contribution in [0.2, 0.25) is 0 Å². The molecule has 3 aliphatic rings. The highest BCUT2D eigenvalue weighted by Crippen LogP contribution is 2.52. The molecule has 0 spiro atoms. The Labute approximate surface area is 212 Å². The van der Waals surface area contributed by atoms with Crippen molar-refractivity contribution in [2.75, 3.05) is 51.4 Å². The number of morpholine rings is 1. The van der Waals surface area contributed by atoms with Gasteiger partial charge in [-0.05, 0) is 54.7 Å². The third kappa shape index (κ3) is 5.63. The Kier molecular flexibility index (Phi) is 7.39. The first-order valence-electron chi connectivity index (χ1n) is 12.7. The van der Waals surface area contributed by atoms with Gasteiger partial charge in [0.25, 0.3) is 0 Å². The minimum absolute atomic E-state index is 0.0849. The van der Waals surface area contributed by atoms with Crippen molar-refractivity contribution >= 4 is 17.6 Å². The monoisotopic (exact) mass is 490 g/mol. The predicted octanol–water partition coefficient (Wildman–Crippen LogP) is 3.63. The number of ether oxygens (including phenoxy) is 3. The van der Waals surface area contributed by atoms with Gasteiger partial charge in [-0.2, -0.15) is 0 Å². The van der Waals surface area contributed by atoms with E-state index in [1.807, 2.05) is 48.5 Å². The zero-order valence-electron chi connectivity index (χ0n) is 20.7. The lowest BCUT2D eigenvalue weighted by Gasteiger charge is -2.26. The summed E-state index contributed by atoms with van der Waals surface area (Å²) in [5, 5.41) is 2.97. The molecule has 2 heterocycles. The second-order valence-electron chi connectivity index (χ2n) is 10.1. The first-order chi connectivity index (χ1) is 17.5. The molecule has 190 valence electrons. The van der Waals surface area contributed by atoms with Crippen LogP contribution in [0.4, 0.5) is 5.69 Å². The van der Waals surface area contributed by atoms with E-state index in [0.29, 0.717) is 26.1 Å². The molecule has 2 unspecified atom stereocenters. The number of carbonyl (C=O) groups is 2. The number of hydrogen-bond acceptors (Lipinski definition) is 6. The quantitative estimate of drug-likeness (QED) is 0.427. The number of benzene rings is 2. The van der Waals surface area contributed by atoms with E-state index in [-0.39, 0.29) is 24.2 Å². The average molecular weight is 491 g/mol. The molecule has 0 radical (unpaired) electrons. The van der Waals surface area contributed by atoms with Crippen LogP contribution in [0.3, 0.4) is 0 Å². The molecule has 2 aromatic carbocycles. The molecule has 0 aromatic heterocycles. The van der Waals surface area contributed by atoms with Gasteiger partial charge in [0.05, 0.1) is 31.7 Å². The Morgan fingerprint density at radius 2 is 1.94 bits per heavy atom. The van der Waals surface area contributed by atoms with Crippen molar-refractivity contribution < 1.29 is 23.8 Å². The summed E-state index contributed by atoms with van der Waals surface area (Å²) in [4.78, 5) is 27.5. The van der Waals surface area contributed by atoms with Gasteiger partial charge in [0.2, 0.25) is 5.91 Å². The number of fused-ring (bicyclic) bond motifs is 1. The molecule has 1 N–H and O–H groups in total. The lowest BCUT2D eigenvalue weighted by molar-refractivity contribution is -0.146. The van der Waals surface area contributed by atoms with E-state index >= 15 is 0 Å². The van der Waals surface area contributed by atoms with Crippen molar-refractivity contribution in [1.82, 2.24) is 4.90 Å². The lowest BCUT2D eigenvalue weighted by Crippen LogP contribution is -2.38. The van der Waals surface area contributed by atoms with Crippen LogP contribution >= 0.6 is 0 Å². The van der Waals surface area contributed by atoms with E-state index in [0.717, 1.165) is 67.4 Å². The molecule has 7 nitrogen and oxygen atoms in total. The number of anilines is 1. The molecule has 1 aliphatic carbocycles. The van der Waals surface area contributed by atoms with E-state index in [1.54, 1.807) is 0 Å². The SMILES string of the molecule is C=C1CC2COC(=O)C2(Cc2ccc(NC(=O)Cc3cccc(OCCN4CCOCC4)c3)cc2)C1. The fourth-order valence-electron chi connectivity index (χ4n) is 5.59. The molecule has 1 amide bonds. The van der Waals surface area contributed by atoms with Gasteiger partial charge in [0.15, 0.2) is 0 Å². The highest BCUT2D eigenvalue weighted by molar-refractivity contribution is 5.92. The van der Waals surface area contributed by atoms with Crippen LogP contribution in [0.15, 0.2) is 60.7 Å². The molecule has 36 heavy (non-hydrogen) atoms. The fraction of sp³-hybridized carbons (Fsp3) is 0.448. The van der Waals surface area contributed by atoms with Gasteiger partial charge < -0.3 is 19.5 Å². The van der Waals surface area contributed by atoms with Crippen LogP contribution in [0.25, 0.3) is 0 Å². The van der Waals surface area contributed by atoms with E-state index < -0.39 is 5.41 Å². The highest BCUT2D eigenvalue weighted by atomic mass is 16.5. The Balaban J connectivity index is 1.12. The summed E-state index contributed by atoms with van der Waals surface area (Å²) in [5.74, 6) is 0.806. The Hall–Kier alpha value is -3.16. The maximum atomic E-state index is 12.7. The van der Waals surface area contributed by atoms with E-state index in [1.165, 1.54) is 0 Å². The maximum Gasteiger partial charge on any atom is 0.313 e. The van der Waals surface area contributed by atoms with Crippen LogP contribution in [-0.2, 0) is 31.9 Å². The Morgan fingerprint density at radius 1 is 1.14 bits per heavy atom. The van der Waals surface area contributed by atoms with Gasteiger partial charge in [-0.15, -0.1) is 0 Å². The molecular formula is C29H34N2O5. The molecule has 2 saturated heterocycles. The van der Waals surface area contributed by atoms with Crippen LogP contribution in [0.5, 0.6) is 5.75 Å². The standard InChI is InChI=1S/C29H34N2O5/c1-21-15-24-20-36-28(33)29(24,18-21)19-22-5-7-25(8-6-22)30-27(32)17-23-3-2-4-26(16-23)35-14-11-31-9-12-34-13-10-31/h2-8,16,24H,1,9-15,17-20H2,(H,30,32). The lowest BCUT2D eigenvalue weighted by atomic mass is 9.75. The van der Waals surface area contributed by atoms with Crippen LogP contribution in [-0.4, -0.2) is 62.8 Å². The first kappa shape index (κ1) is 24.5. The third-order valence-corrected chi connectivity index (χ3v) is 7.50. The first-order valence-corrected chi connectivity index (χ1v) is 12.7. The molecule has 3 fully saturated rings. The Bertz CT molecular complexity index is 1110. The number of amides is 1. The molecule has 5 rings (SSSR count). The van der Waals surface area contributed by atoms with Crippen LogP contribution in [0.1, 0.15) is 24.0 Å². The number of carbonyl (C=O) groups excluding carboxylic acids is 2. The average Bonchev–Trinajstić information content (AvgIpc) is 3.34. The van der Waals surface area contributed by atoms with Crippen molar-refractivity contribution in [3.05, 3.63) is 71.8 Å². The summed E-state index contributed by atoms with van der Waals surface area (Å²) in [6.07, 6.45) is 2.47. The Morgan fingerprint density at radius 3 is 2.75 bits per heavy atom. The zero-order chi connectivity index (χ0) is 25.0. The van der Waals surface area contributed by atoms with Crippen molar-refractivity contribution in [3.8, 4) is 5.75 Å². The van der Waals surface area contributed by atoms with Crippen molar-refractivity contribution in [2.24, 2.45) is 11.3 Å². The molecule has 2 aliphatic heterocycles. The van der Waals surface area contributed by atoms with Gasteiger partial charge in [-0.1, -0.05) is 36.4 Å². The number of esters is 1. The summed E-state index contributed by atoms with van der Waals surface area (Å²) in [5.41, 5.74) is 3.36. The topological polar surface area (TPSA) is 77.1 Å². The van der Waals surface area contributed by atoms with E-state index in [9.17, 15) is 9.59 Å². The molecule has 2 aromatic rings. The predicted molar refractivity (Wildman–Crippen MR) is 137 cm³/mol. The number of nitrogens with one attached hydrogen (secondary N) is 1. The van der Waals surface area contributed by atoms with E-state index in [2.05, 4.69) is 16.8 Å². The second-order valence-corrected chi connectivity index (χ2v) is 10.1. The highest BCUT2D eigenvalue weighted by Gasteiger charge is 2.55. The largest absolute Gasteiger partial charge is 0.492 e. The summed E-state index contributed by atoms with van der Waals surface area (Å²) in [6.45, 7) is 9.50. The number of cyclic esters (lactones) is 1.